The van der Waals surface area contributed by atoms with E-state index >= 15 is 0 Å². The Morgan fingerprint density at radius 1 is 1.26 bits per heavy atom. The Bertz CT molecular complexity index is 495. The first kappa shape index (κ1) is 18.0. The molecule has 1 saturated heterocycles. The first-order valence-electron chi connectivity index (χ1n) is 8.59. The van der Waals surface area contributed by atoms with Gasteiger partial charge in [0.25, 0.3) is 0 Å². The maximum atomic E-state index is 6.15. The summed E-state index contributed by atoms with van der Waals surface area (Å²) < 4.78 is 11.1. The molecular weight excluding hydrogens is 290 g/mol. The molecule has 2 unspecified atom stereocenters. The molecule has 130 valence electrons. The number of nitrogens with two attached hydrogens (primary N) is 1. The molecule has 5 heteroatoms. The summed E-state index contributed by atoms with van der Waals surface area (Å²) in [6.07, 6.45) is 1.13. The van der Waals surface area contributed by atoms with E-state index in [1.807, 2.05) is 13.0 Å². The van der Waals surface area contributed by atoms with Crippen molar-refractivity contribution < 1.29 is 9.47 Å². The highest BCUT2D eigenvalue weighted by Crippen LogP contribution is 2.33. The summed E-state index contributed by atoms with van der Waals surface area (Å²) in [5.41, 5.74) is 7.35. The van der Waals surface area contributed by atoms with E-state index in [2.05, 4.69) is 35.9 Å². The Morgan fingerprint density at radius 2 is 2.04 bits per heavy atom. The van der Waals surface area contributed by atoms with Gasteiger partial charge in [-0.15, -0.1) is 0 Å². The van der Waals surface area contributed by atoms with Crippen LogP contribution in [0.3, 0.4) is 0 Å². The molecule has 0 radical (unpaired) electrons. The van der Waals surface area contributed by atoms with E-state index in [1.165, 1.54) is 5.56 Å². The zero-order valence-corrected chi connectivity index (χ0v) is 14.9. The Balaban J connectivity index is 2.26. The monoisotopic (exact) mass is 321 g/mol. The first-order chi connectivity index (χ1) is 11.1. The average Bonchev–Trinajstić information content (AvgIpc) is 2.57. The number of hydrogen-bond acceptors (Lipinski definition) is 5. The molecule has 0 aliphatic carbocycles. The van der Waals surface area contributed by atoms with Crippen molar-refractivity contribution >= 4 is 0 Å². The van der Waals surface area contributed by atoms with Crippen LogP contribution in [0, 0.1) is 0 Å². The Hall–Kier alpha value is -1.30. The topological polar surface area (TPSA) is 51.0 Å². The van der Waals surface area contributed by atoms with Crippen LogP contribution in [-0.2, 0) is 0 Å². The van der Waals surface area contributed by atoms with Gasteiger partial charge in [0.1, 0.15) is 0 Å². The fourth-order valence-electron chi connectivity index (χ4n) is 3.43. The van der Waals surface area contributed by atoms with E-state index in [-0.39, 0.29) is 6.04 Å². The van der Waals surface area contributed by atoms with E-state index in [4.69, 9.17) is 15.2 Å². The largest absolute Gasteiger partial charge is 0.493 e. The van der Waals surface area contributed by atoms with Gasteiger partial charge in [-0.1, -0.05) is 13.0 Å². The molecule has 1 heterocycles. The van der Waals surface area contributed by atoms with E-state index in [1.54, 1.807) is 7.11 Å². The van der Waals surface area contributed by atoms with Crippen LogP contribution in [0.2, 0.25) is 0 Å². The van der Waals surface area contributed by atoms with Crippen LogP contribution in [-0.4, -0.2) is 62.8 Å². The molecule has 1 aromatic carbocycles. The summed E-state index contributed by atoms with van der Waals surface area (Å²) in [4.78, 5) is 4.95. The molecule has 2 N–H and O–H groups in total. The van der Waals surface area contributed by atoms with E-state index < -0.39 is 0 Å². The number of methoxy groups -OCH3 is 1. The first-order valence-corrected chi connectivity index (χ1v) is 8.59. The lowest BCUT2D eigenvalue weighted by Gasteiger charge is -2.44. The predicted octanol–water partition coefficient (Wildman–Crippen LogP) is 2.12. The van der Waals surface area contributed by atoms with Crippen molar-refractivity contribution in [1.82, 2.24) is 9.80 Å². The van der Waals surface area contributed by atoms with Gasteiger partial charge in [-0.3, -0.25) is 4.90 Å². The average molecular weight is 321 g/mol. The zero-order valence-electron chi connectivity index (χ0n) is 14.9. The fourth-order valence-corrected chi connectivity index (χ4v) is 3.43. The third-order valence-corrected chi connectivity index (χ3v) is 4.70. The van der Waals surface area contributed by atoms with Crippen molar-refractivity contribution in [3.8, 4) is 11.5 Å². The number of piperazine rings is 1. The molecule has 0 saturated carbocycles. The Labute approximate surface area is 140 Å². The van der Waals surface area contributed by atoms with E-state index in [0.717, 1.165) is 37.6 Å². The Morgan fingerprint density at radius 3 is 2.65 bits per heavy atom. The van der Waals surface area contributed by atoms with Gasteiger partial charge in [-0.05, 0) is 38.1 Å². The minimum atomic E-state index is 0.221. The third-order valence-electron chi connectivity index (χ3n) is 4.70. The van der Waals surface area contributed by atoms with Gasteiger partial charge in [0.2, 0.25) is 0 Å². The maximum absolute atomic E-state index is 6.15. The summed E-state index contributed by atoms with van der Waals surface area (Å²) in [5, 5.41) is 0. The molecule has 1 aromatic rings. The summed E-state index contributed by atoms with van der Waals surface area (Å²) in [5.74, 6) is 1.57. The van der Waals surface area contributed by atoms with Gasteiger partial charge in [0, 0.05) is 38.3 Å². The molecular formula is C18H31N3O2. The molecule has 1 aliphatic rings. The molecule has 0 amide bonds. The lowest BCUT2D eigenvalue weighted by Crippen LogP contribution is -2.53. The second-order valence-corrected chi connectivity index (χ2v) is 6.16. The molecule has 2 atom stereocenters. The standard InChI is InChI=1S/C18H31N3O2/c1-5-15-13-20(3)9-10-21(15)16(12-19)14-7-8-17(23-6-2)18(11-14)22-4/h7-8,11,15-16H,5-6,9-10,12-13,19H2,1-4H3. The molecule has 1 aliphatic heterocycles. The van der Waals surface area contributed by atoms with Crippen molar-refractivity contribution in [2.45, 2.75) is 32.4 Å². The molecule has 2 rings (SSSR count). The molecule has 1 fully saturated rings. The normalized spacial score (nSPS) is 21.2. The highest BCUT2D eigenvalue weighted by molar-refractivity contribution is 5.44. The molecule has 23 heavy (non-hydrogen) atoms. The second kappa shape index (κ2) is 8.52. The fraction of sp³-hybridized carbons (Fsp3) is 0.667. The summed E-state index contributed by atoms with van der Waals surface area (Å²) in [6.45, 7) is 8.70. The molecule has 0 spiro atoms. The van der Waals surface area contributed by atoms with Crippen molar-refractivity contribution in [3.63, 3.8) is 0 Å². The van der Waals surface area contributed by atoms with Crippen molar-refractivity contribution in [3.05, 3.63) is 23.8 Å². The maximum Gasteiger partial charge on any atom is 0.161 e. The number of hydrogen-bond donors (Lipinski definition) is 1. The number of benzene rings is 1. The van der Waals surface area contributed by atoms with Crippen LogP contribution in [0.25, 0.3) is 0 Å². The minimum absolute atomic E-state index is 0.221. The second-order valence-electron chi connectivity index (χ2n) is 6.16. The number of likely N-dealkylation sites (N-methyl/N-ethyl adjacent to an activating group) is 1. The number of nitrogens with zero attached hydrogens (tertiary/aromatic N) is 2. The molecule has 5 nitrogen and oxygen atoms in total. The van der Waals surface area contributed by atoms with Crippen LogP contribution >= 0.6 is 0 Å². The molecule has 0 aromatic heterocycles. The lowest BCUT2D eigenvalue weighted by molar-refractivity contribution is 0.0520. The summed E-state index contributed by atoms with van der Waals surface area (Å²) in [7, 11) is 3.88. The van der Waals surface area contributed by atoms with Crippen LogP contribution in [0.5, 0.6) is 11.5 Å². The van der Waals surface area contributed by atoms with Crippen LogP contribution in [0.1, 0.15) is 31.9 Å². The van der Waals surface area contributed by atoms with Gasteiger partial charge >= 0.3 is 0 Å². The predicted molar refractivity (Wildman–Crippen MR) is 94.2 cm³/mol. The van der Waals surface area contributed by atoms with Gasteiger partial charge in [-0.25, -0.2) is 0 Å². The van der Waals surface area contributed by atoms with E-state index in [9.17, 15) is 0 Å². The SMILES string of the molecule is CCOc1ccc(C(CN)N2CCN(C)CC2CC)cc1OC. The van der Waals surface area contributed by atoms with Crippen molar-refractivity contribution in [2.75, 3.05) is 46.9 Å². The van der Waals surface area contributed by atoms with Gasteiger partial charge in [-0.2, -0.15) is 0 Å². The number of ether oxygens (including phenoxy) is 2. The van der Waals surface area contributed by atoms with Crippen LogP contribution in [0.15, 0.2) is 18.2 Å². The summed E-state index contributed by atoms with van der Waals surface area (Å²) >= 11 is 0. The Kier molecular flexibility index (Phi) is 6.69. The highest BCUT2D eigenvalue weighted by atomic mass is 16.5. The highest BCUT2D eigenvalue weighted by Gasteiger charge is 2.30. The van der Waals surface area contributed by atoms with E-state index in [0.29, 0.717) is 19.2 Å². The molecule has 0 bridgehead atoms. The third kappa shape index (κ3) is 4.16. The number of rotatable bonds is 7. The smallest absolute Gasteiger partial charge is 0.161 e. The van der Waals surface area contributed by atoms with Gasteiger partial charge in [0.15, 0.2) is 11.5 Å². The van der Waals surface area contributed by atoms with Crippen LogP contribution < -0.4 is 15.2 Å². The summed E-state index contributed by atoms with van der Waals surface area (Å²) in [6, 6.07) is 6.96. The van der Waals surface area contributed by atoms with Crippen LogP contribution in [0.4, 0.5) is 0 Å². The van der Waals surface area contributed by atoms with Crippen molar-refractivity contribution in [1.29, 1.82) is 0 Å². The zero-order chi connectivity index (χ0) is 16.8. The quantitative estimate of drug-likeness (QED) is 0.834. The van der Waals surface area contributed by atoms with Crippen molar-refractivity contribution in [2.24, 2.45) is 5.73 Å². The minimum Gasteiger partial charge on any atom is -0.493 e. The van der Waals surface area contributed by atoms with Gasteiger partial charge < -0.3 is 20.1 Å². The lowest BCUT2D eigenvalue weighted by atomic mass is 9.99. The van der Waals surface area contributed by atoms with Gasteiger partial charge in [0.05, 0.1) is 13.7 Å².